The van der Waals surface area contributed by atoms with E-state index in [-0.39, 0.29) is 18.5 Å². The highest BCUT2D eigenvalue weighted by Gasteiger charge is 2.32. The molecule has 2 aliphatic rings. The Morgan fingerprint density at radius 3 is 2.44 bits per heavy atom. The zero-order valence-electron chi connectivity index (χ0n) is 9.58. The van der Waals surface area contributed by atoms with Crippen LogP contribution in [0.1, 0.15) is 25.7 Å². The Morgan fingerprint density at radius 1 is 1.25 bits per heavy atom. The summed E-state index contributed by atoms with van der Waals surface area (Å²) in [7, 11) is 0. The molecule has 0 aromatic carbocycles. The lowest BCUT2D eigenvalue weighted by molar-refractivity contribution is -0.150. The van der Waals surface area contributed by atoms with Crippen molar-refractivity contribution in [1.82, 2.24) is 5.32 Å². The predicted molar refractivity (Wildman–Crippen MR) is 58.7 cm³/mol. The molecule has 0 spiro atoms. The maximum Gasteiger partial charge on any atom is 0.309 e. The predicted octanol–water partition coefficient (Wildman–Crippen LogP) is 1.52. The van der Waals surface area contributed by atoms with E-state index in [0.29, 0.717) is 11.8 Å². The maximum atomic E-state index is 11.9. The van der Waals surface area contributed by atoms with Gasteiger partial charge >= 0.3 is 5.97 Å². The van der Waals surface area contributed by atoms with Crippen LogP contribution in [0.2, 0.25) is 0 Å². The van der Waals surface area contributed by atoms with Crippen molar-refractivity contribution in [3.05, 3.63) is 0 Å². The molecule has 1 saturated carbocycles. The van der Waals surface area contributed by atoms with Gasteiger partial charge in [0.15, 0.2) is 0 Å². The number of alkyl halides is 1. The van der Waals surface area contributed by atoms with E-state index in [9.17, 15) is 9.18 Å². The van der Waals surface area contributed by atoms with Crippen molar-refractivity contribution in [3.8, 4) is 0 Å². The normalized spacial score (nSPS) is 34.2. The molecule has 2 fully saturated rings. The molecule has 1 heterocycles. The van der Waals surface area contributed by atoms with Gasteiger partial charge in [0.1, 0.15) is 13.3 Å². The number of hydrogen-bond donors (Lipinski definition) is 1. The number of carbonyl (C=O) groups is 1. The van der Waals surface area contributed by atoms with Crippen molar-refractivity contribution < 1.29 is 13.9 Å². The molecule has 0 aromatic heterocycles. The van der Waals surface area contributed by atoms with Crippen LogP contribution in [0.4, 0.5) is 4.39 Å². The third-order valence-electron chi connectivity index (χ3n) is 3.74. The van der Waals surface area contributed by atoms with Crippen molar-refractivity contribution in [1.29, 1.82) is 0 Å². The summed E-state index contributed by atoms with van der Waals surface area (Å²) in [5, 5.41) is 3.44. The monoisotopic (exact) mass is 229 g/mol. The van der Waals surface area contributed by atoms with Crippen molar-refractivity contribution in [2.24, 2.45) is 17.8 Å². The van der Waals surface area contributed by atoms with Crippen molar-refractivity contribution >= 4 is 5.97 Å². The molecule has 0 amide bonds. The Morgan fingerprint density at radius 2 is 1.88 bits per heavy atom. The third kappa shape index (κ3) is 2.94. The summed E-state index contributed by atoms with van der Waals surface area (Å²) in [6.07, 6.45) is 4.25. The smallest absolute Gasteiger partial charge is 0.309 e. The van der Waals surface area contributed by atoms with E-state index in [1.807, 2.05) is 0 Å². The van der Waals surface area contributed by atoms with Crippen LogP contribution in [0.15, 0.2) is 0 Å². The summed E-state index contributed by atoms with van der Waals surface area (Å²) in [5.41, 5.74) is 0. The Hall–Kier alpha value is -0.640. The molecule has 1 saturated heterocycles. The Bertz CT molecular complexity index is 233. The first-order chi connectivity index (χ1) is 7.79. The Labute approximate surface area is 95.7 Å². The molecular weight excluding hydrogens is 209 g/mol. The first-order valence-corrected chi connectivity index (χ1v) is 6.23. The molecule has 2 rings (SSSR count). The molecule has 3 nitrogen and oxygen atoms in total. The number of nitrogens with one attached hydrogen (secondary N) is 1. The molecular formula is C12H20FNO2. The van der Waals surface area contributed by atoms with Gasteiger partial charge in [-0.1, -0.05) is 0 Å². The summed E-state index contributed by atoms with van der Waals surface area (Å²) in [5.74, 6) is 1.01. The summed E-state index contributed by atoms with van der Waals surface area (Å²) < 4.78 is 16.9. The molecule has 2 unspecified atom stereocenters. The van der Waals surface area contributed by atoms with Crippen LogP contribution < -0.4 is 5.32 Å². The second-order valence-electron chi connectivity index (χ2n) is 4.99. The second-order valence-corrected chi connectivity index (χ2v) is 4.99. The van der Waals surface area contributed by atoms with Gasteiger partial charge in [0, 0.05) is 0 Å². The highest BCUT2D eigenvalue weighted by atomic mass is 19.1. The van der Waals surface area contributed by atoms with Gasteiger partial charge in [-0.15, -0.1) is 0 Å². The lowest BCUT2D eigenvalue weighted by atomic mass is 9.90. The standard InChI is InChI=1S/C12H20FNO2/c13-3-4-16-12(15)11-5-9-1-2-10(6-11)8-14-7-9/h9-11,14H,1-8H2. The van der Waals surface area contributed by atoms with E-state index in [1.165, 1.54) is 12.8 Å². The van der Waals surface area contributed by atoms with Crippen LogP contribution in [-0.2, 0) is 9.53 Å². The van der Waals surface area contributed by atoms with Crippen LogP contribution in [0.3, 0.4) is 0 Å². The Balaban J connectivity index is 1.92. The van der Waals surface area contributed by atoms with E-state index >= 15 is 0 Å². The number of esters is 1. The van der Waals surface area contributed by atoms with E-state index < -0.39 is 6.67 Å². The highest BCUT2D eigenvalue weighted by Crippen LogP contribution is 2.33. The van der Waals surface area contributed by atoms with E-state index in [2.05, 4.69) is 5.32 Å². The van der Waals surface area contributed by atoms with Gasteiger partial charge in [-0.05, 0) is 50.6 Å². The minimum atomic E-state index is -0.577. The zero-order valence-corrected chi connectivity index (χ0v) is 9.58. The van der Waals surface area contributed by atoms with Crippen molar-refractivity contribution in [2.45, 2.75) is 25.7 Å². The van der Waals surface area contributed by atoms with E-state index in [1.54, 1.807) is 0 Å². The number of carbonyl (C=O) groups excluding carboxylic acids is 1. The summed E-state index contributed by atoms with van der Waals surface area (Å²) in [4.78, 5) is 11.7. The molecule has 16 heavy (non-hydrogen) atoms. The van der Waals surface area contributed by atoms with Crippen LogP contribution in [-0.4, -0.2) is 32.3 Å². The first-order valence-electron chi connectivity index (χ1n) is 6.23. The second kappa shape index (κ2) is 5.62. The summed E-state index contributed by atoms with van der Waals surface area (Å²) in [6.45, 7) is 1.38. The molecule has 2 bridgehead atoms. The van der Waals surface area contributed by atoms with Gasteiger partial charge in [0.05, 0.1) is 5.92 Å². The number of hydrogen-bond acceptors (Lipinski definition) is 3. The lowest BCUT2D eigenvalue weighted by Gasteiger charge is -2.23. The van der Waals surface area contributed by atoms with E-state index in [0.717, 1.165) is 25.9 Å². The van der Waals surface area contributed by atoms with Crippen LogP contribution in [0.5, 0.6) is 0 Å². The largest absolute Gasteiger partial charge is 0.463 e. The molecule has 4 heteroatoms. The van der Waals surface area contributed by atoms with Gasteiger partial charge in [0.25, 0.3) is 0 Å². The number of rotatable bonds is 3. The topological polar surface area (TPSA) is 38.3 Å². The van der Waals surface area contributed by atoms with Crippen LogP contribution in [0, 0.1) is 17.8 Å². The van der Waals surface area contributed by atoms with E-state index in [4.69, 9.17) is 4.74 Å². The summed E-state index contributed by atoms with van der Waals surface area (Å²) >= 11 is 0. The fourth-order valence-electron chi connectivity index (χ4n) is 2.92. The van der Waals surface area contributed by atoms with Gasteiger partial charge in [-0.25, -0.2) is 4.39 Å². The van der Waals surface area contributed by atoms with Gasteiger partial charge in [-0.3, -0.25) is 4.79 Å². The first kappa shape index (κ1) is 11.8. The number of halogens is 1. The average Bonchev–Trinajstić information content (AvgIpc) is 2.58. The molecule has 0 radical (unpaired) electrons. The van der Waals surface area contributed by atoms with Gasteiger partial charge < -0.3 is 10.1 Å². The molecule has 1 aliphatic heterocycles. The minimum Gasteiger partial charge on any atom is -0.463 e. The highest BCUT2D eigenvalue weighted by molar-refractivity contribution is 5.72. The Kier molecular flexibility index (Phi) is 4.16. The maximum absolute atomic E-state index is 11.9. The fourth-order valence-corrected chi connectivity index (χ4v) is 2.92. The molecule has 92 valence electrons. The summed E-state index contributed by atoms with van der Waals surface area (Å²) in [6, 6.07) is 0. The molecule has 1 aliphatic carbocycles. The zero-order chi connectivity index (χ0) is 11.4. The number of ether oxygens (including phenoxy) is 1. The van der Waals surface area contributed by atoms with Gasteiger partial charge in [-0.2, -0.15) is 0 Å². The molecule has 2 atom stereocenters. The average molecular weight is 229 g/mol. The SMILES string of the molecule is O=C(OCCF)C1CC2CCC(CNC2)C1. The minimum absolute atomic E-state index is 0.00569. The molecule has 0 aromatic rings. The number of fused-ring (bicyclic) bond motifs is 3. The van der Waals surface area contributed by atoms with Gasteiger partial charge in [0.2, 0.25) is 0 Å². The van der Waals surface area contributed by atoms with Crippen molar-refractivity contribution in [3.63, 3.8) is 0 Å². The quantitative estimate of drug-likeness (QED) is 0.746. The third-order valence-corrected chi connectivity index (χ3v) is 3.74. The van der Waals surface area contributed by atoms with Crippen molar-refractivity contribution in [2.75, 3.05) is 26.4 Å². The van der Waals surface area contributed by atoms with Crippen LogP contribution >= 0.6 is 0 Å². The van der Waals surface area contributed by atoms with Crippen LogP contribution in [0.25, 0.3) is 0 Å². The fraction of sp³-hybridized carbons (Fsp3) is 0.917. The molecule has 1 N–H and O–H groups in total. The lowest BCUT2D eigenvalue weighted by Crippen LogP contribution is -2.32.